The van der Waals surface area contributed by atoms with Crippen molar-refractivity contribution in [1.29, 1.82) is 0 Å². The first-order chi connectivity index (χ1) is 8.16. The van der Waals surface area contributed by atoms with Crippen molar-refractivity contribution in [2.75, 3.05) is 13.1 Å². The predicted octanol–water partition coefficient (Wildman–Crippen LogP) is 3.65. The van der Waals surface area contributed by atoms with Crippen molar-refractivity contribution in [2.45, 2.75) is 71.8 Å². The Morgan fingerprint density at radius 1 is 1.06 bits per heavy atom. The van der Waals surface area contributed by atoms with Gasteiger partial charge >= 0.3 is 0 Å². The number of carbonyl (C=O) groups excluding carboxylic acids is 1. The average molecular weight is 239 g/mol. The molecule has 0 radical (unpaired) electrons. The topological polar surface area (TPSA) is 20.3 Å². The second-order valence-corrected chi connectivity index (χ2v) is 5.29. The number of Topliss-reactive ketones (excluding diaryl/α,β-unsaturated/α-hetero) is 1. The van der Waals surface area contributed by atoms with Gasteiger partial charge in [0.1, 0.15) is 0 Å². The highest BCUT2D eigenvalue weighted by atomic mass is 16.1. The molecule has 17 heavy (non-hydrogen) atoms. The summed E-state index contributed by atoms with van der Waals surface area (Å²) in [7, 11) is 0. The number of rotatable bonds is 7. The highest BCUT2D eigenvalue weighted by Crippen LogP contribution is 2.38. The molecule has 0 unspecified atom stereocenters. The van der Waals surface area contributed by atoms with Crippen LogP contribution < -0.4 is 0 Å². The predicted molar refractivity (Wildman–Crippen MR) is 73.2 cm³/mol. The van der Waals surface area contributed by atoms with E-state index < -0.39 is 0 Å². The first-order valence-electron chi connectivity index (χ1n) is 7.45. The third kappa shape index (κ3) is 2.73. The number of carbonyl (C=O) groups is 1. The molecule has 0 N–H and O–H groups in total. The van der Waals surface area contributed by atoms with Crippen LogP contribution >= 0.6 is 0 Å². The summed E-state index contributed by atoms with van der Waals surface area (Å²) in [5.41, 5.74) is -0.111. The van der Waals surface area contributed by atoms with Gasteiger partial charge in [-0.05, 0) is 38.8 Å². The standard InChI is InChI=1S/C15H29NO/c1-5-13(6-2)14(17)15(11-9-10-12-15)16(7-3)8-4/h13H,5-12H2,1-4H3. The van der Waals surface area contributed by atoms with Gasteiger partial charge in [0.15, 0.2) is 5.78 Å². The summed E-state index contributed by atoms with van der Waals surface area (Å²) in [6.07, 6.45) is 6.62. The van der Waals surface area contributed by atoms with E-state index in [1.165, 1.54) is 12.8 Å². The molecule has 2 nitrogen and oxygen atoms in total. The zero-order valence-electron chi connectivity index (χ0n) is 12.1. The molecule has 0 saturated heterocycles. The molecule has 0 aromatic heterocycles. The smallest absolute Gasteiger partial charge is 0.156 e. The van der Waals surface area contributed by atoms with Gasteiger partial charge in [-0.25, -0.2) is 0 Å². The van der Waals surface area contributed by atoms with Gasteiger partial charge in [-0.1, -0.05) is 40.5 Å². The van der Waals surface area contributed by atoms with E-state index in [-0.39, 0.29) is 11.5 Å². The van der Waals surface area contributed by atoms with Crippen LogP contribution in [0.2, 0.25) is 0 Å². The summed E-state index contributed by atoms with van der Waals surface area (Å²) in [5.74, 6) is 0.803. The maximum absolute atomic E-state index is 12.8. The molecule has 1 rings (SSSR count). The first-order valence-corrected chi connectivity index (χ1v) is 7.45. The number of hydrogen-bond donors (Lipinski definition) is 0. The Kier molecular flexibility index (Phi) is 5.64. The van der Waals surface area contributed by atoms with E-state index in [9.17, 15) is 4.79 Å². The van der Waals surface area contributed by atoms with Crippen molar-refractivity contribution in [3.63, 3.8) is 0 Å². The zero-order chi connectivity index (χ0) is 12.9. The fraction of sp³-hybridized carbons (Fsp3) is 0.933. The molecular formula is C15H29NO. The number of ketones is 1. The second kappa shape index (κ2) is 6.53. The van der Waals surface area contributed by atoms with Crippen LogP contribution in [-0.2, 0) is 4.79 Å². The van der Waals surface area contributed by atoms with Gasteiger partial charge in [0.2, 0.25) is 0 Å². The molecule has 0 spiro atoms. The van der Waals surface area contributed by atoms with Crippen LogP contribution in [0.5, 0.6) is 0 Å². The lowest BCUT2D eigenvalue weighted by atomic mass is 9.80. The van der Waals surface area contributed by atoms with Crippen molar-refractivity contribution < 1.29 is 4.79 Å². The van der Waals surface area contributed by atoms with Crippen molar-refractivity contribution in [3.05, 3.63) is 0 Å². The van der Waals surface area contributed by atoms with Gasteiger partial charge < -0.3 is 0 Å². The van der Waals surface area contributed by atoms with E-state index in [1.807, 2.05) is 0 Å². The third-order valence-corrected chi connectivity index (χ3v) is 4.61. The lowest BCUT2D eigenvalue weighted by Crippen LogP contribution is -2.54. The lowest BCUT2D eigenvalue weighted by Gasteiger charge is -2.41. The summed E-state index contributed by atoms with van der Waals surface area (Å²) < 4.78 is 0. The Balaban J connectivity index is 2.94. The second-order valence-electron chi connectivity index (χ2n) is 5.29. The van der Waals surface area contributed by atoms with E-state index in [0.29, 0.717) is 5.78 Å². The van der Waals surface area contributed by atoms with E-state index in [2.05, 4.69) is 32.6 Å². The van der Waals surface area contributed by atoms with Gasteiger partial charge in [0.25, 0.3) is 0 Å². The average Bonchev–Trinajstić information content (AvgIpc) is 2.82. The molecule has 0 atom stereocenters. The Bertz CT molecular complexity index is 235. The molecule has 0 amide bonds. The molecule has 100 valence electrons. The summed E-state index contributed by atoms with van der Waals surface area (Å²) >= 11 is 0. The third-order valence-electron chi connectivity index (χ3n) is 4.61. The Labute approximate surface area is 107 Å². The summed E-state index contributed by atoms with van der Waals surface area (Å²) in [4.78, 5) is 15.3. The zero-order valence-corrected chi connectivity index (χ0v) is 12.1. The molecule has 0 heterocycles. The molecule has 0 bridgehead atoms. The maximum Gasteiger partial charge on any atom is 0.156 e. The van der Waals surface area contributed by atoms with Crippen LogP contribution in [0.3, 0.4) is 0 Å². The molecule has 1 fully saturated rings. The normalized spacial score (nSPS) is 19.2. The summed E-state index contributed by atoms with van der Waals surface area (Å²) in [5, 5.41) is 0. The van der Waals surface area contributed by atoms with Gasteiger partial charge in [-0.15, -0.1) is 0 Å². The van der Waals surface area contributed by atoms with Crippen LogP contribution in [-0.4, -0.2) is 29.3 Å². The van der Waals surface area contributed by atoms with Crippen molar-refractivity contribution in [1.82, 2.24) is 4.90 Å². The van der Waals surface area contributed by atoms with Gasteiger partial charge in [0.05, 0.1) is 5.54 Å². The number of hydrogen-bond acceptors (Lipinski definition) is 2. The number of likely N-dealkylation sites (N-methyl/N-ethyl adjacent to an activating group) is 1. The van der Waals surface area contributed by atoms with E-state index >= 15 is 0 Å². The monoisotopic (exact) mass is 239 g/mol. The fourth-order valence-electron chi connectivity index (χ4n) is 3.55. The summed E-state index contributed by atoms with van der Waals surface area (Å²) in [6, 6.07) is 0. The Morgan fingerprint density at radius 2 is 1.53 bits per heavy atom. The van der Waals surface area contributed by atoms with Gasteiger partial charge in [-0.2, -0.15) is 0 Å². The molecule has 1 saturated carbocycles. The molecule has 0 aliphatic heterocycles. The Morgan fingerprint density at radius 3 is 1.88 bits per heavy atom. The van der Waals surface area contributed by atoms with Crippen LogP contribution in [0.1, 0.15) is 66.2 Å². The minimum atomic E-state index is -0.111. The van der Waals surface area contributed by atoms with Crippen molar-refractivity contribution in [2.24, 2.45) is 5.92 Å². The van der Waals surface area contributed by atoms with Crippen LogP contribution in [0.25, 0.3) is 0 Å². The van der Waals surface area contributed by atoms with Crippen molar-refractivity contribution >= 4 is 5.78 Å². The van der Waals surface area contributed by atoms with Gasteiger partial charge in [0, 0.05) is 5.92 Å². The van der Waals surface area contributed by atoms with Gasteiger partial charge in [-0.3, -0.25) is 9.69 Å². The molecule has 0 aromatic carbocycles. The Hall–Kier alpha value is -0.370. The lowest BCUT2D eigenvalue weighted by molar-refractivity contribution is -0.135. The first kappa shape index (κ1) is 14.7. The van der Waals surface area contributed by atoms with Crippen LogP contribution in [0.15, 0.2) is 0 Å². The molecule has 1 aliphatic carbocycles. The quantitative estimate of drug-likeness (QED) is 0.676. The van der Waals surface area contributed by atoms with E-state index in [0.717, 1.165) is 38.8 Å². The van der Waals surface area contributed by atoms with Crippen molar-refractivity contribution in [3.8, 4) is 0 Å². The van der Waals surface area contributed by atoms with Crippen LogP contribution in [0.4, 0.5) is 0 Å². The minimum Gasteiger partial charge on any atom is -0.297 e. The van der Waals surface area contributed by atoms with E-state index in [1.54, 1.807) is 0 Å². The molecule has 1 aliphatic rings. The molecular weight excluding hydrogens is 210 g/mol. The molecule has 2 heteroatoms. The largest absolute Gasteiger partial charge is 0.297 e. The molecule has 0 aromatic rings. The SMILES string of the molecule is CCC(CC)C(=O)C1(N(CC)CC)CCCC1. The van der Waals surface area contributed by atoms with E-state index in [4.69, 9.17) is 0 Å². The highest BCUT2D eigenvalue weighted by Gasteiger charge is 2.46. The van der Waals surface area contributed by atoms with Crippen LogP contribution in [0, 0.1) is 5.92 Å². The summed E-state index contributed by atoms with van der Waals surface area (Å²) in [6.45, 7) is 10.7. The number of nitrogens with zero attached hydrogens (tertiary/aromatic N) is 1. The highest BCUT2D eigenvalue weighted by molar-refractivity contribution is 5.90. The minimum absolute atomic E-state index is 0.111. The fourth-order valence-corrected chi connectivity index (χ4v) is 3.55. The maximum atomic E-state index is 12.8.